The number of hydrogen-bond donors (Lipinski definition) is 1. The van der Waals surface area contributed by atoms with Crippen LogP contribution in [0.3, 0.4) is 0 Å². The van der Waals surface area contributed by atoms with Crippen LogP contribution < -0.4 is 9.62 Å². The van der Waals surface area contributed by atoms with Gasteiger partial charge in [0.2, 0.25) is 0 Å². The average molecular weight is 416 g/mol. The molecule has 0 aliphatic heterocycles. The van der Waals surface area contributed by atoms with Gasteiger partial charge in [-0.05, 0) is 67.1 Å². The number of halogens is 1. The van der Waals surface area contributed by atoms with E-state index < -0.39 is 10.0 Å². The van der Waals surface area contributed by atoms with Crippen LogP contribution in [0.25, 0.3) is 0 Å². The van der Waals surface area contributed by atoms with Crippen LogP contribution in [0.5, 0.6) is 0 Å². The first-order valence-corrected chi connectivity index (χ1v) is 10.2. The number of nitrogens with zero attached hydrogens (tertiary/aromatic N) is 2. The second-order valence-electron chi connectivity index (χ2n) is 6.12. The van der Waals surface area contributed by atoms with E-state index in [1.165, 1.54) is 35.6 Å². The molecule has 0 fully saturated rings. The molecule has 0 atom stereocenters. The molecule has 1 amide bonds. The summed E-state index contributed by atoms with van der Waals surface area (Å²) < 4.78 is 26.9. The Hall–Kier alpha value is -2.90. The van der Waals surface area contributed by atoms with Crippen LogP contribution in [0.1, 0.15) is 15.9 Å². The smallest absolute Gasteiger partial charge is 0.264 e. The van der Waals surface area contributed by atoms with Crippen LogP contribution in [0.4, 0.5) is 11.4 Å². The summed E-state index contributed by atoms with van der Waals surface area (Å²) in [5, 5.41) is 3.21. The number of carbonyl (C=O) groups is 1. The van der Waals surface area contributed by atoms with Gasteiger partial charge in [0.25, 0.3) is 15.9 Å². The topological polar surface area (TPSA) is 79.4 Å². The van der Waals surface area contributed by atoms with Gasteiger partial charge in [0, 0.05) is 23.8 Å². The van der Waals surface area contributed by atoms with E-state index in [2.05, 4.69) is 10.3 Å². The molecule has 8 heteroatoms. The maximum absolute atomic E-state index is 12.9. The first kappa shape index (κ1) is 19.9. The number of hydrogen-bond acceptors (Lipinski definition) is 4. The number of pyridine rings is 1. The molecule has 0 aliphatic carbocycles. The normalized spacial score (nSPS) is 11.1. The monoisotopic (exact) mass is 415 g/mol. The number of aromatic nitrogens is 1. The molecule has 1 heterocycles. The highest BCUT2D eigenvalue weighted by Crippen LogP contribution is 2.27. The van der Waals surface area contributed by atoms with Crippen molar-refractivity contribution in [3.05, 3.63) is 83.1 Å². The van der Waals surface area contributed by atoms with Gasteiger partial charge in [0.1, 0.15) is 0 Å². The van der Waals surface area contributed by atoms with Crippen LogP contribution in [-0.2, 0) is 10.0 Å². The van der Waals surface area contributed by atoms with Crippen molar-refractivity contribution in [3.8, 4) is 0 Å². The Morgan fingerprint density at radius 2 is 1.82 bits per heavy atom. The van der Waals surface area contributed by atoms with Crippen LogP contribution >= 0.6 is 11.6 Å². The Morgan fingerprint density at radius 3 is 2.43 bits per heavy atom. The Bertz CT molecular complexity index is 1100. The molecule has 0 unspecified atom stereocenters. The lowest BCUT2D eigenvalue weighted by atomic mass is 10.1. The number of carbonyl (C=O) groups excluding carboxylic acids is 1. The van der Waals surface area contributed by atoms with Gasteiger partial charge in [-0.2, -0.15) is 0 Å². The molecular weight excluding hydrogens is 398 g/mol. The van der Waals surface area contributed by atoms with E-state index >= 15 is 0 Å². The highest BCUT2D eigenvalue weighted by atomic mass is 35.5. The second-order valence-corrected chi connectivity index (χ2v) is 8.53. The van der Waals surface area contributed by atoms with E-state index in [1.807, 2.05) is 0 Å². The summed E-state index contributed by atoms with van der Waals surface area (Å²) in [5.74, 6) is -0.300. The molecule has 1 aromatic heterocycles. The van der Waals surface area contributed by atoms with Crippen LogP contribution in [0.15, 0.2) is 71.9 Å². The molecule has 0 saturated heterocycles. The fourth-order valence-electron chi connectivity index (χ4n) is 2.68. The van der Waals surface area contributed by atoms with Crippen LogP contribution in [0.2, 0.25) is 5.02 Å². The van der Waals surface area contributed by atoms with E-state index in [4.69, 9.17) is 11.6 Å². The van der Waals surface area contributed by atoms with Gasteiger partial charge in [-0.25, -0.2) is 8.42 Å². The summed E-state index contributed by atoms with van der Waals surface area (Å²) in [7, 11) is -2.27. The zero-order valence-corrected chi connectivity index (χ0v) is 16.8. The molecule has 6 nitrogen and oxygen atoms in total. The maximum Gasteiger partial charge on any atom is 0.264 e. The largest absolute Gasteiger partial charge is 0.321 e. The van der Waals surface area contributed by atoms with Gasteiger partial charge in [0.05, 0.1) is 22.5 Å². The fourth-order valence-corrected chi connectivity index (χ4v) is 4.07. The van der Waals surface area contributed by atoms with Crippen LogP contribution in [-0.4, -0.2) is 26.4 Å². The van der Waals surface area contributed by atoms with Gasteiger partial charge in [-0.1, -0.05) is 11.6 Å². The number of sulfonamides is 1. The second kappa shape index (κ2) is 8.00. The number of nitrogens with one attached hydrogen (secondary N) is 1. The van der Waals surface area contributed by atoms with E-state index in [1.54, 1.807) is 49.6 Å². The minimum absolute atomic E-state index is 0.136. The molecule has 0 aliphatic rings. The van der Waals surface area contributed by atoms with Crippen molar-refractivity contribution in [2.75, 3.05) is 16.7 Å². The van der Waals surface area contributed by atoms with E-state index in [-0.39, 0.29) is 10.8 Å². The first-order valence-electron chi connectivity index (χ1n) is 8.35. The molecule has 0 saturated carbocycles. The average Bonchev–Trinajstić information content (AvgIpc) is 2.68. The molecule has 0 radical (unpaired) electrons. The standard InChI is InChI=1S/C20H18ClN3O3S/c1-14-12-15(20(25)23-17-4-3-11-22-13-17)5-10-19(14)24(2)28(26,27)18-8-6-16(21)7-9-18/h3-13H,1-2H3,(H,23,25). The predicted octanol–water partition coefficient (Wildman–Crippen LogP) is 4.12. The number of anilines is 2. The van der Waals surface area contributed by atoms with Crippen molar-refractivity contribution in [2.45, 2.75) is 11.8 Å². The van der Waals surface area contributed by atoms with Crippen molar-refractivity contribution in [1.29, 1.82) is 0 Å². The lowest BCUT2D eigenvalue weighted by molar-refractivity contribution is 0.102. The van der Waals surface area contributed by atoms with Gasteiger partial charge in [0.15, 0.2) is 0 Å². The summed E-state index contributed by atoms with van der Waals surface area (Å²) in [6, 6.07) is 14.3. The van der Waals surface area contributed by atoms with Gasteiger partial charge in [-0.3, -0.25) is 14.1 Å². The minimum Gasteiger partial charge on any atom is -0.321 e. The van der Waals surface area contributed by atoms with Crippen molar-refractivity contribution in [2.24, 2.45) is 0 Å². The fraction of sp³-hybridized carbons (Fsp3) is 0.100. The Labute approximate surface area is 168 Å². The predicted molar refractivity (Wildman–Crippen MR) is 110 cm³/mol. The minimum atomic E-state index is -3.75. The maximum atomic E-state index is 12.9. The zero-order valence-electron chi connectivity index (χ0n) is 15.3. The lowest BCUT2D eigenvalue weighted by Crippen LogP contribution is -2.27. The zero-order chi connectivity index (χ0) is 20.3. The number of amides is 1. The van der Waals surface area contributed by atoms with E-state index in [0.717, 1.165) is 0 Å². The highest BCUT2D eigenvalue weighted by molar-refractivity contribution is 7.92. The first-order chi connectivity index (χ1) is 13.3. The third kappa shape index (κ3) is 4.16. The summed E-state index contributed by atoms with van der Waals surface area (Å²) in [4.78, 5) is 16.5. The number of aryl methyl sites for hydroxylation is 1. The Balaban J connectivity index is 1.85. The quantitative estimate of drug-likeness (QED) is 0.679. The van der Waals surface area contributed by atoms with Crippen molar-refractivity contribution >= 4 is 38.9 Å². The molecular formula is C20H18ClN3O3S. The van der Waals surface area contributed by atoms with Gasteiger partial charge in [-0.15, -0.1) is 0 Å². The molecule has 144 valence electrons. The summed E-state index contributed by atoms with van der Waals surface area (Å²) in [6.07, 6.45) is 3.16. The van der Waals surface area contributed by atoms with Crippen molar-refractivity contribution in [3.63, 3.8) is 0 Å². The van der Waals surface area contributed by atoms with Gasteiger partial charge < -0.3 is 5.32 Å². The van der Waals surface area contributed by atoms with Crippen molar-refractivity contribution < 1.29 is 13.2 Å². The summed E-state index contributed by atoms with van der Waals surface area (Å²) >= 11 is 5.84. The summed E-state index contributed by atoms with van der Waals surface area (Å²) in [5.41, 5.74) is 2.13. The SMILES string of the molecule is Cc1cc(C(=O)Nc2cccnc2)ccc1N(C)S(=O)(=O)c1ccc(Cl)cc1. The summed E-state index contributed by atoms with van der Waals surface area (Å²) in [6.45, 7) is 1.75. The third-order valence-corrected chi connectivity index (χ3v) is 6.23. The molecule has 2 aromatic carbocycles. The van der Waals surface area contributed by atoms with E-state index in [0.29, 0.717) is 27.5 Å². The number of benzene rings is 2. The molecule has 0 bridgehead atoms. The molecule has 3 rings (SSSR count). The highest BCUT2D eigenvalue weighted by Gasteiger charge is 2.23. The third-order valence-electron chi connectivity index (χ3n) is 4.19. The van der Waals surface area contributed by atoms with Crippen LogP contribution in [0, 0.1) is 6.92 Å². The van der Waals surface area contributed by atoms with Crippen molar-refractivity contribution in [1.82, 2.24) is 4.98 Å². The molecule has 1 N–H and O–H groups in total. The van der Waals surface area contributed by atoms with E-state index in [9.17, 15) is 13.2 Å². The Kier molecular flexibility index (Phi) is 5.67. The molecule has 28 heavy (non-hydrogen) atoms. The lowest BCUT2D eigenvalue weighted by Gasteiger charge is -2.22. The molecule has 0 spiro atoms. The van der Waals surface area contributed by atoms with Gasteiger partial charge >= 0.3 is 0 Å². The Morgan fingerprint density at radius 1 is 1.11 bits per heavy atom. The number of rotatable bonds is 5. The molecule has 3 aromatic rings.